The second kappa shape index (κ2) is 6.01. The normalized spacial score (nSPS) is 12.0. The summed E-state index contributed by atoms with van der Waals surface area (Å²) in [5, 5.41) is 11.0. The Morgan fingerprint density at radius 2 is 2.00 bits per heavy atom. The molecule has 1 aromatic rings. The van der Waals surface area contributed by atoms with Crippen LogP contribution in [-0.2, 0) is 13.5 Å². The van der Waals surface area contributed by atoms with Crippen molar-refractivity contribution < 1.29 is 0 Å². The third-order valence-electron chi connectivity index (χ3n) is 2.31. The molecule has 0 fully saturated rings. The number of nitrogens with zero attached hydrogens (tertiary/aromatic N) is 2. The summed E-state index contributed by atoms with van der Waals surface area (Å²) in [4.78, 5) is 0. The second-order valence-electron chi connectivity index (χ2n) is 5.20. The van der Waals surface area contributed by atoms with Crippen molar-refractivity contribution in [3.8, 4) is 0 Å². The van der Waals surface area contributed by atoms with Gasteiger partial charge in [0.05, 0.1) is 6.20 Å². The van der Waals surface area contributed by atoms with E-state index in [9.17, 15) is 0 Å². The molecular weight excluding hydrogens is 200 g/mol. The summed E-state index contributed by atoms with van der Waals surface area (Å²) in [6, 6.07) is 0. The van der Waals surface area contributed by atoms with E-state index >= 15 is 0 Å². The van der Waals surface area contributed by atoms with Crippen molar-refractivity contribution in [2.24, 2.45) is 7.05 Å². The van der Waals surface area contributed by atoms with Gasteiger partial charge in [-0.2, -0.15) is 5.10 Å². The SMILES string of the molecule is Cn1cc(CCNCCNC(C)(C)C)cn1. The maximum absolute atomic E-state index is 4.14. The van der Waals surface area contributed by atoms with Crippen molar-refractivity contribution in [2.45, 2.75) is 32.7 Å². The molecule has 0 bridgehead atoms. The van der Waals surface area contributed by atoms with Crippen LogP contribution in [0.3, 0.4) is 0 Å². The fraction of sp³-hybridized carbons (Fsp3) is 0.750. The van der Waals surface area contributed by atoms with Gasteiger partial charge in [0.2, 0.25) is 0 Å². The molecule has 0 radical (unpaired) electrons. The molecule has 4 heteroatoms. The van der Waals surface area contributed by atoms with Gasteiger partial charge in [0.25, 0.3) is 0 Å². The molecule has 0 aliphatic rings. The Hall–Kier alpha value is -0.870. The third-order valence-corrected chi connectivity index (χ3v) is 2.31. The summed E-state index contributed by atoms with van der Waals surface area (Å²) in [6.07, 6.45) is 5.04. The Labute approximate surface area is 98.4 Å². The zero-order chi connectivity index (χ0) is 12.0. The van der Waals surface area contributed by atoms with Crippen molar-refractivity contribution in [1.82, 2.24) is 20.4 Å². The predicted octanol–water partition coefficient (Wildman–Crippen LogP) is 0.940. The van der Waals surface area contributed by atoms with E-state index in [-0.39, 0.29) is 5.54 Å². The number of aromatic nitrogens is 2. The summed E-state index contributed by atoms with van der Waals surface area (Å²) >= 11 is 0. The molecule has 0 aliphatic carbocycles. The van der Waals surface area contributed by atoms with Crippen molar-refractivity contribution in [3.05, 3.63) is 18.0 Å². The summed E-state index contributed by atoms with van der Waals surface area (Å²) in [5.41, 5.74) is 1.50. The molecule has 0 unspecified atom stereocenters. The standard InChI is InChI=1S/C12H24N4/c1-12(2,3)14-8-7-13-6-5-11-9-15-16(4)10-11/h9-10,13-14H,5-8H2,1-4H3. The molecule has 4 nitrogen and oxygen atoms in total. The minimum absolute atomic E-state index is 0.213. The van der Waals surface area contributed by atoms with Crippen LogP contribution >= 0.6 is 0 Å². The summed E-state index contributed by atoms with van der Waals surface area (Å²) in [6.45, 7) is 9.58. The summed E-state index contributed by atoms with van der Waals surface area (Å²) < 4.78 is 1.84. The van der Waals surface area contributed by atoms with E-state index in [1.807, 2.05) is 17.9 Å². The third kappa shape index (κ3) is 5.88. The predicted molar refractivity (Wildman–Crippen MR) is 67.5 cm³/mol. The fourth-order valence-corrected chi connectivity index (χ4v) is 1.48. The van der Waals surface area contributed by atoms with Gasteiger partial charge >= 0.3 is 0 Å². The summed E-state index contributed by atoms with van der Waals surface area (Å²) in [7, 11) is 1.95. The lowest BCUT2D eigenvalue weighted by molar-refractivity contribution is 0.422. The molecule has 0 aromatic carbocycles. The molecule has 1 heterocycles. The highest BCUT2D eigenvalue weighted by atomic mass is 15.2. The lowest BCUT2D eigenvalue weighted by Crippen LogP contribution is -2.40. The van der Waals surface area contributed by atoms with Crippen LogP contribution < -0.4 is 10.6 Å². The zero-order valence-corrected chi connectivity index (χ0v) is 10.9. The fourth-order valence-electron chi connectivity index (χ4n) is 1.48. The van der Waals surface area contributed by atoms with Gasteiger partial charge in [-0.15, -0.1) is 0 Å². The lowest BCUT2D eigenvalue weighted by atomic mass is 10.1. The number of hydrogen-bond acceptors (Lipinski definition) is 3. The maximum Gasteiger partial charge on any atom is 0.0522 e. The Morgan fingerprint density at radius 3 is 2.56 bits per heavy atom. The van der Waals surface area contributed by atoms with E-state index in [0.717, 1.165) is 26.1 Å². The monoisotopic (exact) mass is 224 g/mol. The van der Waals surface area contributed by atoms with Crippen LogP contribution in [0, 0.1) is 0 Å². The molecule has 0 amide bonds. The highest BCUT2D eigenvalue weighted by Crippen LogP contribution is 1.97. The van der Waals surface area contributed by atoms with E-state index in [4.69, 9.17) is 0 Å². The Morgan fingerprint density at radius 1 is 1.25 bits per heavy atom. The van der Waals surface area contributed by atoms with Gasteiger partial charge in [0, 0.05) is 31.9 Å². The van der Waals surface area contributed by atoms with E-state index in [2.05, 4.69) is 42.7 Å². The van der Waals surface area contributed by atoms with Crippen LogP contribution in [-0.4, -0.2) is 35.0 Å². The van der Waals surface area contributed by atoms with E-state index in [1.54, 1.807) is 0 Å². The molecule has 1 rings (SSSR count). The minimum Gasteiger partial charge on any atom is -0.315 e. The van der Waals surface area contributed by atoms with Crippen LogP contribution in [0.1, 0.15) is 26.3 Å². The Kier molecular flexibility index (Phi) is 4.96. The van der Waals surface area contributed by atoms with Crippen LogP contribution in [0.4, 0.5) is 0 Å². The molecule has 0 aliphatic heterocycles. The second-order valence-corrected chi connectivity index (χ2v) is 5.20. The molecule has 16 heavy (non-hydrogen) atoms. The molecule has 2 N–H and O–H groups in total. The average molecular weight is 224 g/mol. The zero-order valence-electron chi connectivity index (χ0n) is 10.9. The highest BCUT2D eigenvalue weighted by molar-refractivity contribution is 5.03. The topological polar surface area (TPSA) is 41.9 Å². The van der Waals surface area contributed by atoms with Gasteiger partial charge in [-0.1, -0.05) is 0 Å². The van der Waals surface area contributed by atoms with Crippen molar-refractivity contribution in [2.75, 3.05) is 19.6 Å². The van der Waals surface area contributed by atoms with Gasteiger partial charge in [-0.25, -0.2) is 0 Å². The molecule has 0 atom stereocenters. The van der Waals surface area contributed by atoms with Crippen molar-refractivity contribution >= 4 is 0 Å². The number of rotatable bonds is 6. The van der Waals surface area contributed by atoms with Crippen LogP contribution in [0.2, 0.25) is 0 Å². The number of hydrogen-bond donors (Lipinski definition) is 2. The van der Waals surface area contributed by atoms with Gasteiger partial charge in [0.15, 0.2) is 0 Å². The molecule has 92 valence electrons. The van der Waals surface area contributed by atoms with Crippen LogP contribution in [0.25, 0.3) is 0 Å². The number of nitrogens with one attached hydrogen (secondary N) is 2. The van der Waals surface area contributed by atoms with E-state index in [1.165, 1.54) is 5.56 Å². The van der Waals surface area contributed by atoms with Crippen LogP contribution in [0.15, 0.2) is 12.4 Å². The van der Waals surface area contributed by atoms with Gasteiger partial charge in [-0.05, 0) is 39.3 Å². The smallest absolute Gasteiger partial charge is 0.0522 e. The first-order chi connectivity index (χ1) is 7.47. The van der Waals surface area contributed by atoms with E-state index in [0.29, 0.717) is 0 Å². The van der Waals surface area contributed by atoms with Gasteiger partial charge in [0.1, 0.15) is 0 Å². The maximum atomic E-state index is 4.14. The lowest BCUT2D eigenvalue weighted by Gasteiger charge is -2.20. The molecule has 1 aromatic heterocycles. The van der Waals surface area contributed by atoms with Crippen LogP contribution in [0.5, 0.6) is 0 Å². The van der Waals surface area contributed by atoms with Crippen molar-refractivity contribution in [3.63, 3.8) is 0 Å². The Bertz CT molecular complexity index is 298. The summed E-state index contributed by atoms with van der Waals surface area (Å²) in [5.74, 6) is 0. The molecule has 0 spiro atoms. The first-order valence-corrected chi connectivity index (χ1v) is 5.91. The minimum atomic E-state index is 0.213. The van der Waals surface area contributed by atoms with Gasteiger partial charge < -0.3 is 10.6 Å². The first kappa shape index (κ1) is 13.2. The van der Waals surface area contributed by atoms with E-state index < -0.39 is 0 Å². The average Bonchev–Trinajstić information content (AvgIpc) is 2.56. The molecule has 0 saturated heterocycles. The Balaban J connectivity index is 2.00. The number of aryl methyl sites for hydroxylation is 1. The van der Waals surface area contributed by atoms with Crippen molar-refractivity contribution in [1.29, 1.82) is 0 Å². The quantitative estimate of drug-likeness (QED) is 0.707. The first-order valence-electron chi connectivity index (χ1n) is 5.91. The van der Waals surface area contributed by atoms with Gasteiger partial charge in [-0.3, -0.25) is 4.68 Å². The molecule has 0 saturated carbocycles. The molecular formula is C12H24N4. The highest BCUT2D eigenvalue weighted by Gasteiger charge is 2.06. The largest absolute Gasteiger partial charge is 0.315 e.